The minimum atomic E-state index is -4.85. The second-order valence-electron chi connectivity index (χ2n) is 14.8. The van der Waals surface area contributed by atoms with Gasteiger partial charge in [-0.25, -0.2) is 13.2 Å². The zero-order valence-electron chi connectivity index (χ0n) is 30.0. The normalized spacial score (nSPS) is 16.7. The number of carboxylic acid groups (broad SMARTS) is 1. The number of carbonyl (C=O) groups is 2. The highest BCUT2D eigenvalue weighted by molar-refractivity contribution is 5.82. The number of hydrogen-bond donors (Lipinski definition) is 2. The van der Waals surface area contributed by atoms with Gasteiger partial charge in [0.05, 0.1) is 23.6 Å². The molecular formula is C40H43F6N3O4. The van der Waals surface area contributed by atoms with Crippen molar-refractivity contribution in [2.75, 3.05) is 19.6 Å². The number of aromatic nitrogens is 1. The number of nitrogens with zero attached hydrogens (tertiary/aromatic N) is 2. The van der Waals surface area contributed by atoms with Crippen molar-refractivity contribution < 1.29 is 41.0 Å². The third kappa shape index (κ3) is 8.98. The predicted molar refractivity (Wildman–Crippen MR) is 188 cm³/mol. The second-order valence-corrected chi connectivity index (χ2v) is 14.8. The van der Waals surface area contributed by atoms with Gasteiger partial charge < -0.3 is 19.9 Å². The van der Waals surface area contributed by atoms with Crippen LogP contribution in [-0.4, -0.2) is 46.1 Å². The summed E-state index contributed by atoms with van der Waals surface area (Å²) in [5, 5.41) is 12.2. The number of benzene rings is 2. The first-order valence-electron chi connectivity index (χ1n) is 17.7. The molecule has 53 heavy (non-hydrogen) atoms. The monoisotopic (exact) mass is 743 g/mol. The summed E-state index contributed by atoms with van der Waals surface area (Å²) in [4.78, 5) is 42.0. The van der Waals surface area contributed by atoms with E-state index in [0.29, 0.717) is 37.9 Å². The molecule has 0 unspecified atom stereocenters. The minimum Gasteiger partial charge on any atom is -0.481 e. The van der Waals surface area contributed by atoms with Gasteiger partial charge in [0, 0.05) is 29.9 Å². The van der Waals surface area contributed by atoms with Crippen LogP contribution in [0.3, 0.4) is 0 Å². The van der Waals surface area contributed by atoms with E-state index in [1.807, 2.05) is 0 Å². The fourth-order valence-electron chi connectivity index (χ4n) is 7.52. The summed E-state index contributed by atoms with van der Waals surface area (Å²) < 4.78 is 90.8. The lowest BCUT2D eigenvalue weighted by atomic mass is 9.87. The van der Waals surface area contributed by atoms with Crippen LogP contribution in [-0.2, 0) is 15.8 Å². The number of pyridine rings is 1. The molecule has 2 aliphatic rings. The number of nitrogens with one attached hydrogen (secondary N) is 1. The summed E-state index contributed by atoms with van der Waals surface area (Å²) in [5.41, 5.74) is -3.14. The first-order chi connectivity index (χ1) is 24.9. The van der Waals surface area contributed by atoms with E-state index in [1.165, 1.54) is 13.8 Å². The van der Waals surface area contributed by atoms with Crippen LogP contribution in [0.5, 0.6) is 0 Å². The van der Waals surface area contributed by atoms with Crippen molar-refractivity contribution in [3.8, 4) is 23.5 Å². The molecule has 2 atom stereocenters. The Labute approximate surface area is 304 Å². The van der Waals surface area contributed by atoms with E-state index < -0.39 is 82.2 Å². The largest absolute Gasteiger partial charge is 0.481 e. The summed E-state index contributed by atoms with van der Waals surface area (Å²) in [6.45, 7) is 8.50. The van der Waals surface area contributed by atoms with E-state index in [0.717, 1.165) is 48.3 Å². The molecule has 1 saturated heterocycles. The van der Waals surface area contributed by atoms with E-state index in [2.05, 4.69) is 16.1 Å². The zero-order chi connectivity index (χ0) is 38.9. The maximum absolute atomic E-state index is 16.5. The van der Waals surface area contributed by atoms with Crippen molar-refractivity contribution in [3.63, 3.8) is 0 Å². The smallest absolute Gasteiger partial charge is 0.416 e. The molecule has 2 N–H and O–H groups in total. The van der Waals surface area contributed by atoms with E-state index in [4.69, 9.17) is 6.42 Å². The third-order valence-electron chi connectivity index (χ3n) is 10.2. The fourth-order valence-corrected chi connectivity index (χ4v) is 7.52. The maximum atomic E-state index is 16.5. The highest BCUT2D eigenvalue weighted by atomic mass is 19.4. The SMILES string of the molecule is C#Cc1cc(-c2c(C)cc(F)cc2C)c(F)c([C@H](CC(=O)O)NC(=O)[C@@H](CC(C)C)n2cc(C3CCN(CC4CC4)CC3)c(C(F)(F)F)cc2=O)c1F. The molecule has 1 saturated carbocycles. The summed E-state index contributed by atoms with van der Waals surface area (Å²) in [7, 11) is 0. The summed E-state index contributed by atoms with van der Waals surface area (Å²) >= 11 is 0. The van der Waals surface area contributed by atoms with Crippen LogP contribution in [0.4, 0.5) is 26.3 Å². The summed E-state index contributed by atoms with van der Waals surface area (Å²) in [6.07, 6.45) is 3.79. The molecule has 7 nitrogen and oxygen atoms in total. The van der Waals surface area contributed by atoms with Gasteiger partial charge in [-0.1, -0.05) is 19.8 Å². The van der Waals surface area contributed by atoms with Gasteiger partial charge in [-0.2, -0.15) is 13.2 Å². The number of hydrogen-bond acceptors (Lipinski definition) is 4. The molecule has 0 radical (unpaired) electrons. The molecule has 1 aliphatic carbocycles. The molecule has 284 valence electrons. The van der Waals surface area contributed by atoms with Crippen molar-refractivity contribution >= 4 is 11.9 Å². The average molecular weight is 744 g/mol. The van der Waals surface area contributed by atoms with Crippen molar-refractivity contribution in [1.82, 2.24) is 14.8 Å². The number of terminal acetylenes is 1. The van der Waals surface area contributed by atoms with Gasteiger partial charge in [-0.3, -0.25) is 14.4 Å². The molecule has 1 aliphatic heterocycles. The Balaban J connectivity index is 1.58. The Kier molecular flexibility index (Phi) is 11.8. The number of amides is 1. The van der Waals surface area contributed by atoms with Crippen LogP contribution in [0.1, 0.15) is 104 Å². The van der Waals surface area contributed by atoms with Crippen LogP contribution in [0.2, 0.25) is 0 Å². The Bertz CT molecular complexity index is 1960. The first-order valence-corrected chi connectivity index (χ1v) is 17.7. The maximum Gasteiger partial charge on any atom is 0.416 e. The number of carboxylic acids is 1. The molecule has 0 bridgehead atoms. The van der Waals surface area contributed by atoms with Crippen LogP contribution in [0.15, 0.2) is 35.3 Å². The zero-order valence-corrected chi connectivity index (χ0v) is 30.0. The number of piperidine rings is 1. The lowest BCUT2D eigenvalue weighted by molar-refractivity contribution is -0.139. The van der Waals surface area contributed by atoms with E-state index in [-0.39, 0.29) is 40.2 Å². The molecule has 3 aromatic rings. The summed E-state index contributed by atoms with van der Waals surface area (Å²) in [5.74, 6) is -3.85. The topological polar surface area (TPSA) is 91.6 Å². The van der Waals surface area contributed by atoms with Gasteiger partial charge in [0.25, 0.3) is 5.56 Å². The number of alkyl halides is 3. The van der Waals surface area contributed by atoms with Crippen LogP contribution in [0.25, 0.3) is 11.1 Å². The van der Waals surface area contributed by atoms with Gasteiger partial charge in [0.1, 0.15) is 23.5 Å². The van der Waals surface area contributed by atoms with Gasteiger partial charge in [-0.15, -0.1) is 6.42 Å². The van der Waals surface area contributed by atoms with Crippen molar-refractivity contribution in [1.29, 1.82) is 0 Å². The molecule has 1 aromatic heterocycles. The number of aryl methyl sites for hydroxylation is 2. The molecule has 1 amide bonds. The van der Waals surface area contributed by atoms with Gasteiger partial charge in [-0.05, 0) is 117 Å². The molecule has 0 spiro atoms. The Morgan fingerprint density at radius 1 is 1.00 bits per heavy atom. The highest BCUT2D eigenvalue weighted by Crippen LogP contribution is 2.41. The number of rotatable bonds is 12. The molecule has 13 heteroatoms. The summed E-state index contributed by atoms with van der Waals surface area (Å²) in [6, 6.07) is 0.460. The standard InChI is InChI=1S/C40H43F6N3O4/c1-6-25-16-28(35-22(4)14-27(41)15-23(35)5)38(43)36(37(25)42)31(18-34(51)52)47-39(53)32(13-21(2)3)49-20-29(30(17-33(49)50)40(44,45)46)26-9-11-48(12-10-26)19-24-7-8-24/h1,14-17,20-21,24,26,31-32H,7-13,18-19H2,2-5H3,(H,47,53)(H,51,52)/t31-,32+/m0/s1. The molecule has 2 fully saturated rings. The van der Waals surface area contributed by atoms with E-state index in [1.54, 1.807) is 13.8 Å². The fraction of sp³-hybridized carbons (Fsp3) is 0.475. The predicted octanol–water partition coefficient (Wildman–Crippen LogP) is 8.06. The molecule has 2 heterocycles. The van der Waals surface area contributed by atoms with E-state index in [9.17, 15) is 37.1 Å². The van der Waals surface area contributed by atoms with Crippen molar-refractivity contribution in [2.24, 2.45) is 11.8 Å². The quantitative estimate of drug-likeness (QED) is 0.145. The molecule has 5 rings (SSSR count). The molecule has 2 aromatic carbocycles. The third-order valence-corrected chi connectivity index (χ3v) is 10.2. The Hall–Kier alpha value is -4.57. The Morgan fingerprint density at radius 2 is 1.62 bits per heavy atom. The highest BCUT2D eigenvalue weighted by Gasteiger charge is 2.39. The minimum absolute atomic E-state index is 0.0786. The first kappa shape index (κ1) is 39.6. The number of aliphatic carboxylic acids is 1. The van der Waals surface area contributed by atoms with Gasteiger partial charge in [0.2, 0.25) is 5.91 Å². The van der Waals surface area contributed by atoms with Crippen LogP contribution in [0, 0.1) is 55.5 Å². The van der Waals surface area contributed by atoms with Gasteiger partial charge in [0.15, 0.2) is 0 Å². The van der Waals surface area contributed by atoms with Crippen molar-refractivity contribution in [2.45, 2.75) is 90.4 Å². The van der Waals surface area contributed by atoms with Crippen LogP contribution >= 0.6 is 0 Å². The molecular weight excluding hydrogens is 700 g/mol. The van der Waals surface area contributed by atoms with E-state index >= 15 is 8.78 Å². The number of carbonyl (C=O) groups excluding carboxylic acids is 1. The lowest BCUT2D eigenvalue weighted by Gasteiger charge is -2.34. The number of likely N-dealkylation sites (tertiary alicyclic amines) is 1. The Morgan fingerprint density at radius 3 is 2.15 bits per heavy atom. The van der Waals surface area contributed by atoms with Gasteiger partial charge >= 0.3 is 12.1 Å². The van der Waals surface area contributed by atoms with Crippen LogP contribution < -0.4 is 10.9 Å². The lowest BCUT2D eigenvalue weighted by Crippen LogP contribution is -2.41. The number of halogens is 6. The average Bonchev–Trinajstić information content (AvgIpc) is 3.88. The van der Waals surface area contributed by atoms with Crippen molar-refractivity contribution in [3.05, 3.63) is 91.6 Å². The second kappa shape index (κ2) is 15.8.